The molecule has 0 radical (unpaired) electrons. The van der Waals surface area contributed by atoms with Crippen molar-refractivity contribution < 1.29 is 29.6 Å². The number of carbonyl (C=O) groups is 2. The van der Waals surface area contributed by atoms with E-state index in [1.54, 1.807) is 0 Å². The molecule has 2 amide bonds. The Kier molecular flexibility index (Phi) is 6.04. The predicted octanol–water partition coefficient (Wildman–Crippen LogP) is 0.0854. The Labute approximate surface area is 172 Å². The smallest absolute Gasteiger partial charge is 0.252 e. The van der Waals surface area contributed by atoms with Crippen LogP contribution in [-0.4, -0.2) is 71.2 Å². The van der Waals surface area contributed by atoms with Crippen molar-refractivity contribution in [2.45, 2.75) is 89.8 Å². The summed E-state index contributed by atoms with van der Waals surface area (Å²) >= 11 is 0. The van der Waals surface area contributed by atoms with Gasteiger partial charge in [0.05, 0.1) is 6.10 Å². The molecule has 0 spiro atoms. The van der Waals surface area contributed by atoms with Crippen LogP contribution >= 0.6 is 0 Å². The van der Waals surface area contributed by atoms with Crippen LogP contribution in [0.4, 0.5) is 0 Å². The molecule has 2 aliphatic carbocycles. The normalized spacial score (nSPS) is 35.4. The van der Waals surface area contributed by atoms with E-state index in [9.17, 15) is 24.9 Å². The number of rotatable bonds is 9. The lowest BCUT2D eigenvalue weighted by molar-refractivity contribution is -0.155. The van der Waals surface area contributed by atoms with Crippen molar-refractivity contribution >= 4 is 11.8 Å². The molecule has 3 aliphatic rings. The van der Waals surface area contributed by atoms with E-state index < -0.39 is 36.4 Å². The van der Waals surface area contributed by atoms with Crippen molar-refractivity contribution in [3.8, 4) is 0 Å². The molecule has 3 rings (SSSR count). The van der Waals surface area contributed by atoms with Crippen LogP contribution in [0.15, 0.2) is 0 Å². The molecule has 166 valence electrons. The summed E-state index contributed by atoms with van der Waals surface area (Å²) in [5, 5.41) is 37.4. The molecular weight excluding hydrogens is 376 g/mol. The number of hydrogen-bond acceptors (Lipinski definition) is 6. The fourth-order valence-corrected chi connectivity index (χ4v) is 5.35. The molecule has 1 saturated heterocycles. The summed E-state index contributed by atoms with van der Waals surface area (Å²) < 4.78 is 5.15. The fourth-order valence-electron chi connectivity index (χ4n) is 5.35. The lowest BCUT2D eigenvalue weighted by Crippen LogP contribution is -2.56. The zero-order valence-electron chi connectivity index (χ0n) is 17.9. The van der Waals surface area contributed by atoms with Gasteiger partial charge in [-0.3, -0.25) is 9.59 Å². The van der Waals surface area contributed by atoms with Gasteiger partial charge in [-0.05, 0) is 42.9 Å². The minimum atomic E-state index is -1.60. The van der Waals surface area contributed by atoms with Crippen molar-refractivity contribution in [2.24, 2.45) is 16.2 Å². The van der Waals surface area contributed by atoms with Gasteiger partial charge in [-0.1, -0.05) is 27.2 Å². The molecule has 1 heterocycles. The lowest BCUT2D eigenvalue weighted by Gasteiger charge is -2.30. The van der Waals surface area contributed by atoms with Crippen molar-refractivity contribution in [1.82, 2.24) is 10.6 Å². The second-order valence-corrected chi connectivity index (χ2v) is 9.76. The third-order valence-corrected chi connectivity index (χ3v) is 8.03. The highest BCUT2D eigenvalue weighted by Gasteiger charge is 2.89. The standard InChI is InChI=1S/C21H36N2O6/c1-5-19(2,3)21-10-20(21,11-21)16(26)14(25)13(24)15(29-4)18(28)23-12-8-6-7-9-22-17(12)27/h12-16,24-26H,5-11H2,1-4H3,(H,22,27)(H,23,28)/t12-,13+,14+,15+,16-,20?,21?/m0/s1. The molecule has 0 unspecified atom stereocenters. The maximum absolute atomic E-state index is 12.6. The highest BCUT2D eigenvalue weighted by Crippen LogP contribution is 2.93. The van der Waals surface area contributed by atoms with Gasteiger partial charge >= 0.3 is 0 Å². The zero-order valence-corrected chi connectivity index (χ0v) is 17.9. The number of aliphatic hydroxyl groups excluding tert-OH is 3. The van der Waals surface area contributed by atoms with E-state index in [1.165, 1.54) is 7.11 Å². The van der Waals surface area contributed by atoms with E-state index in [2.05, 4.69) is 31.4 Å². The third kappa shape index (κ3) is 3.58. The molecule has 0 bridgehead atoms. The van der Waals surface area contributed by atoms with Crippen LogP contribution in [-0.2, 0) is 14.3 Å². The fraction of sp³-hybridized carbons (Fsp3) is 0.905. The molecule has 0 aromatic rings. The number of nitrogens with one attached hydrogen (secondary N) is 2. The molecule has 8 nitrogen and oxygen atoms in total. The van der Waals surface area contributed by atoms with E-state index >= 15 is 0 Å². The summed E-state index contributed by atoms with van der Waals surface area (Å²) in [4.78, 5) is 24.7. The van der Waals surface area contributed by atoms with E-state index in [0.29, 0.717) is 13.0 Å². The van der Waals surface area contributed by atoms with Gasteiger partial charge in [0.2, 0.25) is 5.91 Å². The van der Waals surface area contributed by atoms with Crippen LogP contribution in [0.5, 0.6) is 0 Å². The van der Waals surface area contributed by atoms with Crippen LogP contribution in [0, 0.1) is 16.2 Å². The Balaban J connectivity index is 1.62. The van der Waals surface area contributed by atoms with Gasteiger partial charge in [-0.25, -0.2) is 0 Å². The molecule has 5 atom stereocenters. The Morgan fingerprint density at radius 3 is 2.52 bits per heavy atom. The Morgan fingerprint density at radius 1 is 1.28 bits per heavy atom. The van der Waals surface area contributed by atoms with E-state index in [1.807, 2.05) is 0 Å². The monoisotopic (exact) mass is 412 g/mol. The molecular formula is C21H36N2O6. The van der Waals surface area contributed by atoms with Gasteiger partial charge in [0.25, 0.3) is 5.91 Å². The topological polar surface area (TPSA) is 128 Å². The first-order valence-electron chi connectivity index (χ1n) is 10.7. The molecule has 2 saturated carbocycles. The van der Waals surface area contributed by atoms with E-state index in [0.717, 1.165) is 32.1 Å². The number of hydrogen-bond donors (Lipinski definition) is 5. The minimum absolute atomic E-state index is 0.00186. The summed E-state index contributed by atoms with van der Waals surface area (Å²) in [5.41, 5.74) is -0.343. The highest BCUT2D eigenvalue weighted by atomic mass is 16.5. The first-order valence-corrected chi connectivity index (χ1v) is 10.7. The molecule has 5 N–H and O–H groups in total. The van der Waals surface area contributed by atoms with Gasteiger partial charge in [-0.2, -0.15) is 0 Å². The number of amides is 2. The summed E-state index contributed by atoms with van der Waals surface area (Å²) in [6, 6.07) is -0.694. The van der Waals surface area contributed by atoms with Crippen molar-refractivity contribution in [3.05, 3.63) is 0 Å². The Bertz CT molecular complexity index is 645. The number of fused-ring (bicyclic) bond motifs is 1. The zero-order chi connectivity index (χ0) is 21.6. The van der Waals surface area contributed by atoms with Crippen LogP contribution in [0.2, 0.25) is 0 Å². The Hall–Kier alpha value is -1.22. The third-order valence-electron chi connectivity index (χ3n) is 8.03. The first-order chi connectivity index (χ1) is 13.6. The Morgan fingerprint density at radius 2 is 1.93 bits per heavy atom. The SMILES string of the molecule is CCC(C)(C)C12CC1([C@@H](O)[C@H](O)[C@@H](O)[C@@H](OC)C(=O)N[C@H]1CCCCNC1=O)C2. The number of ether oxygens (including phenoxy) is 1. The second kappa shape index (κ2) is 7.80. The lowest BCUT2D eigenvalue weighted by atomic mass is 9.79. The molecule has 0 aromatic carbocycles. The summed E-state index contributed by atoms with van der Waals surface area (Å²) in [6.07, 6.45) is -0.865. The minimum Gasteiger partial charge on any atom is -0.390 e. The van der Waals surface area contributed by atoms with Crippen molar-refractivity contribution in [2.75, 3.05) is 13.7 Å². The predicted molar refractivity (Wildman–Crippen MR) is 106 cm³/mol. The maximum Gasteiger partial charge on any atom is 0.252 e. The van der Waals surface area contributed by atoms with Crippen LogP contribution < -0.4 is 10.6 Å². The summed E-state index contributed by atoms with van der Waals surface area (Å²) in [5.74, 6) is -0.931. The van der Waals surface area contributed by atoms with Crippen LogP contribution in [0.25, 0.3) is 0 Å². The van der Waals surface area contributed by atoms with Crippen LogP contribution in [0.3, 0.4) is 0 Å². The van der Waals surface area contributed by atoms with Gasteiger partial charge in [0, 0.05) is 19.1 Å². The number of methoxy groups -OCH3 is 1. The summed E-state index contributed by atoms with van der Waals surface area (Å²) in [6.45, 7) is 7.02. The first kappa shape index (κ1) is 22.5. The largest absolute Gasteiger partial charge is 0.390 e. The molecule has 29 heavy (non-hydrogen) atoms. The van der Waals surface area contributed by atoms with Gasteiger partial charge < -0.3 is 30.7 Å². The van der Waals surface area contributed by atoms with Crippen molar-refractivity contribution in [3.63, 3.8) is 0 Å². The molecule has 3 fully saturated rings. The van der Waals surface area contributed by atoms with Gasteiger partial charge in [-0.15, -0.1) is 0 Å². The van der Waals surface area contributed by atoms with Crippen LogP contribution in [0.1, 0.15) is 59.3 Å². The maximum atomic E-state index is 12.6. The quantitative estimate of drug-likeness (QED) is 0.365. The van der Waals surface area contributed by atoms with E-state index in [-0.39, 0.29) is 22.2 Å². The number of aliphatic hydroxyl groups is 3. The molecule has 0 aromatic heterocycles. The summed E-state index contributed by atoms with van der Waals surface area (Å²) in [7, 11) is 1.26. The number of carbonyl (C=O) groups excluding carboxylic acids is 2. The highest BCUT2D eigenvalue weighted by molar-refractivity contribution is 5.89. The average molecular weight is 413 g/mol. The van der Waals surface area contributed by atoms with E-state index in [4.69, 9.17) is 4.74 Å². The molecule has 8 heteroatoms. The van der Waals surface area contributed by atoms with Crippen molar-refractivity contribution in [1.29, 1.82) is 0 Å². The molecule has 1 aliphatic heterocycles. The van der Waals surface area contributed by atoms with Gasteiger partial charge in [0.1, 0.15) is 18.2 Å². The average Bonchev–Trinajstić information content (AvgIpc) is 3.54. The van der Waals surface area contributed by atoms with Gasteiger partial charge in [0.15, 0.2) is 6.10 Å². The second-order valence-electron chi connectivity index (χ2n) is 9.76.